The number of nitrogens with two attached hydrogens (primary N) is 1. The largest absolute Gasteiger partial charge is 0.409 e. The molecule has 6 heteroatoms. The lowest BCUT2D eigenvalue weighted by Gasteiger charge is -2.08. The average Bonchev–Trinajstić information content (AvgIpc) is 2.97. The standard InChI is InChI=1S/C14H16ClN3OS/c15-13-8-10(14(16)18-19)3-4-11(13)9-17-6-5-12-2-1-7-20-12/h1-4,7-8,17,19H,5-6,9H2,(H2,16,18). The fourth-order valence-electron chi connectivity index (χ4n) is 1.80. The Morgan fingerprint density at radius 2 is 2.25 bits per heavy atom. The van der Waals surface area contributed by atoms with E-state index in [1.165, 1.54) is 4.88 Å². The van der Waals surface area contributed by atoms with Crippen molar-refractivity contribution in [1.29, 1.82) is 0 Å². The number of nitrogens with one attached hydrogen (secondary N) is 1. The third-order valence-electron chi connectivity index (χ3n) is 2.90. The molecule has 0 aliphatic carbocycles. The van der Waals surface area contributed by atoms with Gasteiger partial charge in [0.15, 0.2) is 5.84 Å². The minimum absolute atomic E-state index is 0.0594. The van der Waals surface area contributed by atoms with Crippen molar-refractivity contribution in [2.24, 2.45) is 10.9 Å². The van der Waals surface area contributed by atoms with Gasteiger partial charge in [-0.1, -0.05) is 35.0 Å². The molecule has 1 heterocycles. The van der Waals surface area contributed by atoms with Gasteiger partial charge in [-0.3, -0.25) is 0 Å². The van der Waals surface area contributed by atoms with Crippen LogP contribution in [0, 0.1) is 0 Å². The minimum atomic E-state index is 0.0594. The van der Waals surface area contributed by atoms with Gasteiger partial charge < -0.3 is 16.3 Å². The van der Waals surface area contributed by atoms with Crippen LogP contribution in [0.15, 0.2) is 40.9 Å². The van der Waals surface area contributed by atoms with E-state index < -0.39 is 0 Å². The molecule has 106 valence electrons. The molecule has 0 aliphatic rings. The predicted octanol–water partition coefficient (Wildman–Crippen LogP) is 2.83. The van der Waals surface area contributed by atoms with Crippen LogP contribution in [0.2, 0.25) is 5.02 Å². The fraction of sp³-hybridized carbons (Fsp3) is 0.214. The molecule has 0 unspecified atom stereocenters. The molecule has 0 fully saturated rings. The molecule has 2 aromatic rings. The molecule has 0 spiro atoms. The third-order valence-corrected chi connectivity index (χ3v) is 4.19. The first-order valence-corrected chi connectivity index (χ1v) is 7.46. The van der Waals surface area contributed by atoms with Crippen LogP contribution in [0.5, 0.6) is 0 Å². The summed E-state index contributed by atoms with van der Waals surface area (Å²) in [5, 5.41) is 17.6. The van der Waals surface area contributed by atoms with Crippen molar-refractivity contribution in [1.82, 2.24) is 5.32 Å². The van der Waals surface area contributed by atoms with Crippen LogP contribution in [0.3, 0.4) is 0 Å². The highest BCUT2D eigenvalue weighted by atomic mass is 35.5. The molecule has 4 N–H and O–H groups in total. The number of benzene rings is 1. The summed E-state index contributed by atoms with van der Waals surface area (Å²) in [6.45, 7) is 1.60. The van der Waals surface area contributed by atoms with E-state index in [4.69, 9.17) is 22.5 Å². The zero-order valence-corrected chi connectivity index (χ0v) is 12.4. The third kappa shape index (κ3) is 3.96. The number of halogens is 1. The summed E-state index contributed by atoms with van der Waals surface area (Å²) >= 11 is 7.94. The van der Waals surface area contributed by atoms with E-state index in [2.05, 4.69) is 28.0 Å². The Balaban J connectivity index is 1.87. The lowest BCUT2D eigenvalue weighted by Crippen LogP contribution is -2.17. The zero-order valence-electron chi connectivity index (χ0n) is 10.8. The smallest absolute Gasteiger partial charge is 0.170 e. The summed E-state index contributed by atoms with van der Waals surface area (Å²) in [7, 11) is 0. The van der Waals surface area contributed by atoms with Gasteiger partial charge in [-0.2, -0.15) is 0 Å². The van der Waals surface area contributed by atoms with E-state index >= 15 is 0 Å². The molecule has 0 saturated carbocycles. The molecule has 4 nitrogen and oxygen atoms in total. The summed E-state index contributed by atoms with van der Waals surface area (Å²) in [6.07, 6.45) is 1.01. The van der Waals surface area contributed by atoms with Crippen molar-refractivity contribution in [3.05, 3.63) is 56.7 Å². The van der Waals surface area contributed by atoms with Crippen molar-refractivity contribution in [3.63, 3.8) is 0 Å². The van der Waals surface area contributed by atoms with Crippen molar-refractivity contribution < 1.29 is 5.21 Å². The molecule has 0 bridgehead atoms. The van der Waals surface area contributed by atoms with Crippen LogP contribution >= 0.6 is 22.9 Å². The summed E-state index contributed by atoms with van der Waals surface area (Å²) < 4.78 is 0. The topological polar surface area (TPSA) is 70.6 Å². The molecule has 2 rings (SSSR count). The molecule has 0 saturated heterocycles. The monoisotopic (exact) mass is 309 g/mol. The molecule has 0 aliphatic heterocycles. The molecular weight excluding hydrogens is 294 g/mol. The Morgan fingerprint density at radius 1 is 1.40 bits per heavy atom. The number of nitrogens with zero attached hydrogens (tertiary/aromatic N) is 1. The molecule has 0 amide bonds. The number of hydrogen-bond donors (Lipinski definition) is 3. The lowest BCUT2D eigenvalue weighted by molar-refractivity contribution is 0.318. The second kappa shape index (κ2) is 7.28. The van der Waals surface area contributed by atoms with Crippen molar-refractivity contribution in [3.8, 4) is 0 Å². The first kappa shape index (κ1) is 14.8. The van der Waals surface area contributed by atoms with Gasteiger partial charge >= 0.3 is 0 Å². The Hall–Kier alpha value is -1.56. The summed E-state index contributed by atoms with van der Waals surface area (Å²) in [6, 6.07) is 9.56. The highest BCUT2D eigenvalue weighted by Gasteiger charge is 2.05. The van der Waals surface area contributed by atoms with Gasteiger partial charge in [0.05, 0.1) is 0 Å². The number of rotatable bonds is 6. The van der Waals surface area contributed by atoms with E-state index in [0.717, 1.165) is 18.5 Å². The van der Waals surface area contributed by atoms with Gasteiger partial charge in [-0.05, 0) is 29.5 Å². The second-order valence-corrected chi connectivity index (χ2v) is 5.74. The van der Waals surface area contributed by atoms with Gasteiger partial charge in [0.25, 0.3) is 0 Å². The maximum atomic E-state index is 8.62. The highest BCUT2D eigenvalue weighted by Crippen LogP contribution is 2.18. The van der Waals surface area contributed by atoms with E-state index in [-0.39, 0.29) is 5.84 Å². The van der Waals surface area contributed by atoms with Crippen LogP contribution in [0.4, 0.5) is 0 Å². The van der Waals surface area contributed by atoms with Gasteiger partial charge in [0.1, 0.15) is 0 Å². The maximum Gasteiger partial charge on any atom is 0.170 e. The Labute approximate surface area is 126 Å². The first-order chi connectivity index (χ1) is 9.70. The summed E-state index contributed by atoms with van der Waals surface area (Å²) in [5.41, 5.74) is 7.12. The van der Waals surface area contributed by atoms with Gasteiger partial charge in [-0.15, -0.1) is 11.3 Å². The van der Waals surface area contributed by atoms with E-state index in [9.17, 15) is 0 Å². The molecular formula is C14H16ClN3OS. The Kier molecular flexibility index (Phi) is 5.40. The van der Waals surface area contributed by atoms with Crippen LogP contribution in [0.25, 0.3) is 0 Å². The first-order valence-electron chi connectivity index (χ1n) is 6.20. The van der Waals surface area contributed by atoms with Crippen LogP contribution in [-0.4, -0.2) is 17.6 Å². The molecule has 20 heavy (non-hydrogen) atoms. The number of thiophene rings is 1. The zero-order chi connectivity index (χ0) is 14.4. The SMILES string of the molecule is N/C(=N/O)c1ccc(CNCCc2cccs2)c(Cl)c1. The van der Waals surface area contributed by atoms with Gasteiger partial charge in [0.2, 0.25) is 0 Å². The van der Waals surface area contributed by atoms with Crippen molar-refractivity contribution in [2.75, 3.05) is 6.54 Å². The van der Waals surface area contributed by atoms with Crippen LogP contribution in [0.1, 0.15) is 16.0 Å². The maximum absolute atomic E-state index is 8.62. The average molecular weight is 310 g/mol. The van der Waals surface area contributed by atoms with E-state index in [1.54, 1.807) is 23.5 Å². The number of hydrogen-bond acceptors (Lipinski definition) is 4. The Bertz CT molecular complexity index is 584. The molecule has 1 aromatic carbocycles. The summed E-state index contributed by atoms with van der Waals surface area (Å²) in [5.74, 6) is 0.0594. The molecule has 1 aromatic heterocycles. The predicted molar refractivity (Wildman–Crippen MR) is 83.7 cm³/mol. The van der Waals surface area contributed by atoms with E-state index in [0.29, 0.717) is 17.1 Å². The second-order valence-electron chi connectivity index (χ2n) is 4.30. The van der Waals surface area contributed by atoms with Gasteiger partial charge in [0, 0.05) is 28.6 Å². The van der Waals surface area contributed by atoms with Crippen LogP contribution < -0.4 is 11.1 Å². The highest BCUT2D eigenvalue weighted by molar-refractivity contribution is 7.09. The number of oxime groups is 1. The molecule has 0 atom stereocenters. The quantitative estimate of drug-likeness (QED) is 0.253. The van der Waals surface area contributed by atoms with Crippen molar-refractivity contribution in [2.45, 2.75) is 13.0 Å². The van der Waals surface area contributed by atoms with Crippen LogP contribution in [-0.2, 0) is 13.0 Å². The van der Waals surface area contributed by atoms with E-state index in [1.807, 2.05) is 6.07 Å². The lowest BCUT2D eigenvalue weighted by atomic mass is 10.1. The van der Waals surface area contributed by atoms with Crippen molar-refractivity contribution >= 4 is 28.8 Å². The normalized spacial score (nSPS) is 11.8. The fourth-order valence-corrected chi connectivity index (χ4v) is 2.75. The molecule has 0 radical (unpaired) electrons. The Morgan fingerprint density at radius 3 is 2.90 bits per heavy atom. The minimum Gasteiger partial charge on any atom is -0.409 e. The van der Waals surface area contributed by atoms with Gasteiger partial charge in [-0.25, -0.2) is 0 Å². The summed E-state index contributed by atoms with van der Waals surface area (Å²) in [4.78, 5) is 1.37. The number of amidine groups is 1.